The monoisotopic (exact) mass is 286 g/mol. The Labute approximate surface area is 122 Å². The molecule has 0 fully saturated rings. The Kier molecular flexibility index (Phi) is 13.9. The van der Waals surface area contributed by atoms with Gasteiger partial charge in [0.2, 0.25) is 0 Å². The Morgan fingerprint density at radius 2 is 1.75 bits per heavy atom. The van der Waals surface area contributed by atoms with Gasteiger partial charge in [-0.05, 0) is 45.4 Å². The number of carbonyl (C=O) groups excluding carboxylic acids is 1. The van der Waals surface area contributed by atoms with Crippen LogP contribution in [0.2, 0.25) is 0 Å². The van der Waals surface area contributed by atoms with Gasteiger partial charge in [0.1, 0.15) is 0 Å². The van der Waals surface area contributed by atoms with Crippen LogP contribution in [0.5, 0.6) is 0 Å². The number of unbranched alkanes of at least 4 members (excludes halogenated alkanes) is 5. The second kappa shape index (κ2) is 14.5. The van der Waals surface area contributed by atoms with E-state index in [0.29, 0.717) is 19.6 Å². The van der Waals surface area contributed by atoms with Gasteiger partial charge in [0.15, 0.2) is 0 Å². The molecule has 4 nitrogen and oxygen atoms in total. The second-order valence-corrected chi connectivity index (χ2v) is 4.99. The first-order chi connectivity index (χ1) is 9.70. The number of esters is 1. The normalized spacial score (nSPS) is 12.8. The molecule has 4 heteroatoms. The molecule has 0 rings (SSSR count). The molecule has 20 heavy (non-hydrogen) atoms. The Morgan fingerprint density at radius 1 is 1.10 bits per heavy atom. The van der Waals surface area contributed by atoms with Crippen LogP contribution < -0.4 is 0 Å². The number of carbonyl (C=O) groups is 1. The van der Waals surface area contributed by atoms with E-state index in [9.17, 15) is 9.90 Å². The Hall–Kier alpha value is -0.870. The third kappa shape index (κ3) is 13.6. The summed E-state index contributed by atoms with van der Waals surface area (Å²) in [5.74, 6) is -0.321. The average molecular weight is 286 g/mol. The fourth-order valence-corrected chi connectivity index (χ4v) is 1.95. The van der Waals surface area contributed by atoms with E-state index in [2.05, 4.69) is 12.2 Å². The van der Waals surface area contributed by atoms with Crippen LogP contribution in [-0.2, 0) is 9.53 Å². The van der Waals surface area contributed by atoms with E-state index >= 15 is 0 Å². The van der Waals surface area contributed by atoms with Gasteiger partial charge in [-0.25, -0.2) is 0 Å². The van der Waals surface area contributed by atoms with E-state index in [1.165, 1.54) is 12.8 Å². The van der Waals surface area contributed by atoms with E-state index in [-0.39, 0.29) is 12.4 Å². The highest BCUT2D eigenvalue weighted by Crippen LogP contribution is 2.08. The van der Waals surface area contributed by atoms with Gasteiger partial charge in [0.05, 0.1) is 19.1 Å². The van der Waals surface area contributed by atoms with Crippen LogP contribution >= 0.6 is 0 Å². The maximum absolute atomic E-state index is 11.1. The van der Waals surface area contributed by atoms with Crippen LogP contribution in [0.15, 0.2) is 12.2 Å². The quantitative estimate of drug-likeness (QED) is 0.310. The molecule has 0 saturated heterocycles. The van der Waals surface area contributed by atoms with Crippen molar-refractivity contribution in [1.29, 1.82) is 0 Å². The number of rotatable bonds is 13. The van der Waals surface area contributed by atoms with Gasteiger partial charge in [-0.2, -0.15) is 0 Å². The molecule has 0 aromatic carbocycles. The lowest BCUT2D eigenvalue weighted by Crippen LogP contribution is -2.15. The summed E-state index contributed by atoms with van der Waals surface area (Å²) in [6, 6.07) is 0. The summed E-state index contributed by atoms with van der Waals surface area (Å²) in [4.78, 5) is 11.1. The second-order valence-electron chi connectivity index (χ2n) is 4.99. The van der Waals surface area contributed by atoms with Crippen LogP contribution in [-0.4, -0.2) is 35.5 Å². The van der Waals surface area contributed by atoms with Crippen LogP contribution in [0.1, 0.15) is 64.7 Å². The van der Waals surface area contributed by atoms with Crippen molar-refractivity contribution in [3.05, 3.63) is 12.2 Å². The van der Waals surface area contributed by atoms with Crippen molar-refractivity contribution in [2.75, 3.05) is 13.2 Å². The minimum atomic E-state index is -0.582. The first-order valence-electron chi connectivity index (χ1n) is 7.80. The van der Waals surface area contributed by atoms with Gasteiger partial charge in [-0.15, -0.1) is 0 Å². The molecule has 1 unspecified atom stereocenters. The molecular formula is C16H30O4. The zero-order chi connectivity index (χ0) is 15.1. The van der Waals surface area contributed by atoms with Gasteiger partial charge in [-0.1, -0.05) is 25.0 Å². The van der Waals surface area contributed by atoms with E-state index in [1.807, 2.05) is 0 Å². The number of ether oxygens (including phenoxy) is 1. The molecule has 0 amide bonds. The molecule has 0 spiro atoms. The summed E-state index contributed by atoms with van der Waals surface area (Å²) < 4.78 is 4.78. The van der Waals surface area contributed by atoms with Crippen LogP contribution in [0, 0.1) is 0 Å². The Morgan fingerprint density at radius 3 is 2.40 bits per heavy atom. The molecule has 0 aromatic rings. The van der Waals surface area contributed by atoms with Gasteiger partial charge >= 0.3 is 5.97 Å². The summed E-state index contributed by atoms with van der Waals surface area (Å²) in [5.41, 5.74) is 0. The number of aliphatic hydroxyl groups is 2. The topological polar surface area (TPSA) is 66.8 Å². The minimum absolute atomic E-state index is 0.0996. The van der Waals surface area contributed by atoms with Gasteiger partial charge in [0.25, 0.3) is 0 Å². The van der Waals surface area contributed by atoms with E-state index in [4.69, 9.17) is 9.84 Å². The van der Waals surface area contributed by atoms with E-state index in [1.54, 1.807) is 6.92 Å². The fourth-order valence-electron chi connectivity index (χ4n) is 1.95. The molecule has 0 radical (unpaired) electrons. The SMILES string of the molecule is CCOC(=O)CC(O)CCC/C=C\CCCCCCO. The first kappa shape index (κ1) is 19.1. The molecule has 0 saturated carbocycles. The maximum atomic E-state index is 11.1. The fraction of sp³-hybridized carbons (Fsp3) is 0.812. The maximum Gasteiger partial charge on any atom is 0.308 e. The lowest BCUT2D eigenvalue weighted by molar-refractivity contribution is -0.145. The third-order valence-electron chi connectivity index (χ3n) is 3.06. The van der Waals surface area contributed by atoms with Crippen LogP contribution in [0.3, 0.4) is 0 Å². The summed E-state index contributed by atoms with van der Waals surface area (Å²) in [6.07, 6.45) is 11.7. The van der Waals surface area contributed by atoms with E-state index < -0.39 is 6.10 Å². The van der Waals surface area contributed by atoms with Crippen molar-refractivity contribution in [2.24, 2.45) is 0 Å². The molecule has 0 aliphatic heterocycles. The smallest absolute Gasteiger partial charge is 0.308 e. The number of aliphatic hydroxyl groups excluding tert-OH is 2. The summed E-state index contributed by atoms with van der Waals surface area (Å²) in [5, 5.41) is 18.3. The highest BCUT2D eigenvalue weighted by molar-refractivity contribution is 5.69. The predicted molar refractivity (Wildman–Crippen MR) is 80.4 cm³/mol. The largest absolute Gasteiger partial charge is 0.466 e. The van der Waals surface area contributed by atoms with Gasteiger partial charge in [0, 0.05) is 6.61 Å². The van der Waals surface area contributed by atoms with Crippen LogP contribution in [0.4, 0.5) is 0 Å². The first-order valence-corrected chi connectivity index (χ1v) is 7.80. The lowest BCUT2D eigenvalue weighted by atomic mass is 10.1. The van der Waals surface area contributed by atoms with Gasteiger partial charge < -0.3 is 14.9 Å². The molecule has 0 heterocycles. The molecule has 0 bridgehead atoms. The average Bonchev–Trinajstić information content (AvgIpc) is 2.41. The Bertz CT molecular complexity index is 251. The molecule has 0 aliphatic rings. The highest BCUT2D eigenvalue weighted by Gasteiger charge is 2.10. The summed E-state index contributed by atoms with van der Waals surface area (Å²) in [6.45, 7) is 2.43. The highest BCUT2D eigenvalue weighted by atomic mass is 16.5. The van der Waals surface area contributed by atoms with Crippen molar-refractivity contribution in [3.8, 4) is 0 Å². The third-order valence-corrected chi connectivity index (χ3v) is 3.06. The zero-order valence-electron chi connectivity index (χ0n) is 12.7. The van der Waals surface area contributed by atoms with Crippen molar-refractivity contribution in [1.82, 2.24) is 0 Å². The number of allylic oxidation sites excluding steroid dienone is 2. The molecular weight excluding hydrogens is 256 g/mol. The molecule has 0 aromatic heterocycles. The van der Waals surface area contributed by atoms with Crippen molar-refractivity contribution < 1.29 is 19.7 Å². The van der Waals surface area contributed by atoms with E-state index in [0.717, 1.165) is 32.1 Å². The molecule has 118 valence electrons. The summed E-state index contributed by atoms with van der Waals surface area (Å²) in [7, 11) is 0. The number of hydrogen-bond acceptors (Lipinski definition) is 4. The number of hydrogen-bond donors (Lipinski definition) is 2. The molecule has 0 aliphatic carbocycles. The standard InChI is InChI=1S/C16H30O4/c1-2-20-16(19)14-15(18)12-10-8-6-4-3-5-7-9-11-13-17/h4,6,15,17-18H,2-3,5,7-14H2,1H3/b6-4-. The zero-order valence-corrected chi connectivity index (χ0v) is 12.7. The summed E-state index contributed by atoms with van der Waals surface area (Å²) >= 11 is 0. The van der Waals surface area contributed by atoms with Crippen molar-refractivity contribution >= 4 is 5.97 Å². The van der Waals surface area contributed by atoms with Crippen molar-refractivity contribution in [3.63, 3.8) is 0 Å². The molecule has 2 N–H and O–H groups in total. The Balaban J connectivity index is 3.35. The molecule has 1 atom stereocenters. The minimum Gasteiger partial charge on any atom is -0.466 e. The van der Waals surface area contributed by atoms with Crippen LogP contribution in [0.25, 0.3) is 0 Å². The van der Waals surface area contributed by atoms with Crippen molar-refractivity contribution in [2.45, 2.75) is 70.8 Å². The van der Waals surface area contributed by atoms with Gasteiger partial charge in [-0.3, -0.25) is 4.79 Å². The lowest BCUT2D eigenvalue weighted by Gasteiger charge is -2.08. The predicted octanol–water partition coefficient (Wildman–Crippen LogP) is 2.97.